The number of amides is 1. The number of halogens is 2. The average molecular weight is 407 g/mol. The van der Waals surface area contributed by atoms with Gasteiger partial charge in [-0.25, -0.2) is 24.1 Å². The quantitative estimate of drug-likeness (QED) is 0.611. The van der Waals surface area contributed by atoms with Crippen LogP contribution in [0.2, 0.25) is 0 Å². The molecule has 0 aromatic carbocycles. The van der Waals surface area contributed by atoms with E-state index in [2.05, 4.69) is 30.9 Å². The fourth-order valence-corrected chi connectivity index (χ4v) is 4.07. The predicted octanol–water partition coefficient (Wildman–Crippen LogP) is 3.05. The van der Waals surface area contributed by atoms with Gasteiger partial charge < -0.3 is 21.1 Å². The minimum Gasteiger partial charge on any atom is -0.465 e. The van der Waals surface area contributed by atoms with Gasteiger partial charge in [0.15, 0.2) is 17.5 Å². The predicted molar refractivity (Wildman–Crippen MR) is 103 cm³/mol. The van der Waals surface area contributed by atoms with Crippen LogP contribution in [-0.2, 0) is 0 Å². The first kappa shape index (κ1) is 18.7. The first-order valence-electron chi connectivity index (χ1n) is 9.17. The van der Waals surface area contributed by atoms with Crippen molar-refractivity contribution in [3.8, 4) is 0 Å². The van der Waals surface area contributed by atoms with E-state index >= 15 is 0 Å². The summed E-state index contributed by atoms with van der Waals surface area (Å²) in [6, 6.07) is -0.215. The molecule has 1 amide bonds. The van der Waals surface area contributed by atoms with Gasteiger partial charge in [-0.3, -0.25) is 0 Å². The molecule has 10 heteroatoms. The normalized spacial score (nSPS) is 26.4. The number of carbonyl (C=O) groups is 1. The van der Waals surface area contributed by atoms with Crippen molar-refractivity contribution in [2.75, 3.05) is 5.32 Å². The van der Waals surface area contributed by atoms with Crippen molar-refractivity contribution < 1.29 is 14.3 Å². The second-order valence-electron chi connectivity index (χ2n) is 7.14. The van der Waals surface area contributed by atoms with Gasteiger partial charge in [0.25, 0.3) is 0 Å². The van der Waals surface area contributed by atoms with Crippen molar-refractivity contribution in [3.63, 3.8) is 0 Å². The van der Waals surface area contributed by atoms with Gasteiger partial charge in [-0.2, -0.15) is 0 Å². The van der Waals surface area contributed by atoms with Crippen molar-refractivity contribution in [3.05, 3.63) is 35.3 Å². The minimum absolute atomic E-state index is 0.0669. The third kappa shape index (κ3) is 3.94. The summed E-state index contributed by atoms with van der Waals surface area (Å²) < 4.78 is 14.3. The number of carboxylic acid groups (broad SMARTS) is 1. The molecule has 0 saturated heterocycles. The summed E-state index contributed by atoms with van der Waals surface area (Å²) in [6.07, 6.45) is 7.11. The Morgan fingerprint density at radius 1 is 1.36 bits per heavy atom. The molecule has 0 spiro atoms. The zero-order valence-corrected chi connectivity index (χ0v) is 15.7. The van der Waals surface area contributed by atoms with Gasteiger partial charge in [-0.15, -0.1) is 0 Å². The van der Waals surface area contributed by atoms with E-state index in [1.165, 1.54) is 0 Å². The van der Waals surface area contributed by atoms with Crippen LogP contribution in [0.25, 0.3) is 5.57 Å². The molecule has 0 bridgehead atoms. The van der Waals surface area contributed by atoms with Crippen LogP contribution in [0.4, 0.5) is 15.0 Å². The lowest BCUT2D eigenvalue weighted by atomic mass is 9.91. The van der Waals surface area contributed by atoms with Gasteiger partial charge in [0, 0.05) is 35.1 Å². The second kappa shape index (κ2) is 7.75. The van der Waals surface area contributed by atoms with Crippen LogP contribution >= 0.6 is 11.6 Å². The van der Waals surface area contributed by atoms with Gasteiger partial charge in [-0.1, -0.05) is 11.6 Å². The molecule has 4 N–H and O–H groups in total. The first-order valence-corrected chi connectivity index (χ1v) is 9.55. The monoisotopic (exact) mass is 406 g/mol. The zero-order chi connectivity index (χ0) is 19.7. The highest BCUT2D eigenvalue weighted by Crippen LogP contribution is 2.35. The summed E-state index contributed by atoms with van der Waals surface area (Å²) in [6.45, 7) is 0. The number of rotatable bonds is 4. The smallest absolute Gasteiger partial charge is 0.404 e. The summed E-state index contributed by atoms with van der Waals surface area (Å²) in [7, 11) is 0. The number of anilines is 1. The van der Waals surface area contributed by atoms with E-state index in [-0.39, 0.29) is 23.8 Å². The Morgan fingerprint density at radius 3 is 3.00 bits per heavy atom. The van der Waals surface area contributed by atoms with Crippen molar-refractivity contribution in [1.29, 1.82) is 0 Å². The van der Waals surface area contributed by atoms with E-state index in [1.54, 1.807) is 12.4 Å². The molecule has 0 radical (unpaired) electrons. The van der Waals surface area contributed by atoms with Crippen LogP contribution in [-0.4, -0.2) is 39.1 Å². The molecule has 8 nitrogen and oxygen atoms in total. The lowest BCUT2D eigenvalue weighted by molar-refractivity contribution is 0.185. The number of hydrogen-bond acceptors (Lipinski definition) is 6. The Hall–Kier alpha value is -2.68. The maximum absolute atomic E-state index is 14.3. The molecule has 1 aromatic heterocycles. The van der Waals surface area contributed by atoms with Crippen molar-refractivity contribution in [1.82, 2.24) is 20.6 Å². The topological polar surface area (TPSA) is 112 Å². The van der Waals surface area contributed by atoms with E-state index in [1.807, 2.05) is 0 Å². The lowest BCUT2D eigenvalue weighted by Crippen LogP contribution is -2.41. The summed E-state index contributed by atoms with van der Waals surface area (Å²) in [5, 5.41) is 18.3. The van der Waals surface area contributed by atoms with Gasteiger partial charge in [-0.05, 0) is 32.1 Å². The number of aliphatic imine (C=N–C) groups is 1. The molecule has 1 saturated carbocycles. The van der Waals surface area contributed by atoms with Gasteiger partial charge in [0.2, 0.25) is 0 Å². The summed E-state index contributed by atoms with van der Waals surface area (Å²) in [4.78, 5) is 23.7. The standard InChI is InChI=1S/C18H20ClFN6O2/c19-9-4-12-13(7-22-15(12)21-6-9)16-23-8-14(20)17(26-16)24-10-2-1-3-11(5-10)25-18(27)28/h6-8,10-12,25H,1-5H2,(H,21,22)(H,27,28)(H,23,24,26). The highest BCUT2D eigenvalue weighted by molar-refractivity contribution is 6.30. The molecule has 2 aliphatic heterocycles. The summed E-state index contributed by atoms with van der Waals surface area (Å²) in [5.41, 5.74) is 0.808. The third-order valence-corrected chi connectivity index (χ3v) is 5.42. The molecule has 1 aliphatic carbocycles. The maximum atomic E-state index is 14.3. The van der Waals surface area contributed by atoms with E-state index in [0.29, 0.717) is 23.7 Å². The molecule has 3 heterocycles. The van der Waals surface area contributed by atoms with Crippen LogP contribution in [0.5, 0.6) is 0 Å². The average Bonchev–Trinajstić information content (AvgIpc) is 3.06. The van der Waals surface area contributed by atoms with Crippen LogP contribution < -0.4 is 16.0 Å². The number of nitrogens with zero attached hydrogens (tertiary/aromatic N) is 3. The Balaban J connectivity index is 1.50. The minimum atomic E-state index is -1.04. The molecule has 1 aromatic rings. The number of aromatic nitrogens is 2. The zero-order valence-electron chi connectivity index (χ0n) is 15.0. The molecule has 3 atom stereocenters. The van der Waals surface area contributed by atoms with E-state index in [9.17, 15) is 9.18 Å². The molecule has 148 valence electrons. The van der Waals surface area contributed by atoms with Crippen LogP contribution in [0.15, 0.2) is 28.6 Å². The van der Waals surface area contributed by atoms with Gasteiger partial charge in [0.1, 0.15) is 5.84 Å². The van der Waals surface area contributed by atoms with Crippen LogP contribution in [0.3, 0.4) is 0 Å². The summed E-state index contributed by atoms with van der Waals surface area (Å²) in [5.74, 6) is 0.689. The number of allylic oxidation sites excluding steroid dienone is 1. The Morgan fingerprint density at radius 2 is 2.18 bits per heavy atom. The van der Waals surface area contributed by atoms with Crippen LogP contribution in [0.1, 0.15) is 37.9 Å². The van der Waals surface area contributed by atoms with Crippen molar-refractivity contribution in [2.24, 2.45) is 10.9 Å². The molecule has 1 fully saturated rings. The number of amidine groups is 1. The van der Waals surface area contributed by atoms with E-state index in [0.717, 1.165) is 36.9 Å². The maximum Gasteiger partial charge on any atom is 0.404 e. The molecule has 28 heavy (non-hydrogen) atoms. The van der Waals surface area contributed by atoms with Gasteiger partial charge in [0.05, 0.1) is 12.1 Å². The molecule has 4 rings (SSSR count). The lowest BCUT2D eigenvalue weighted by Gasteiger charge is -2.30. The second-order valence-corrected chi connectivity index (χ2v) is 7.62. The van der Waals surface area contributed by atoms with Gasteiger partial charge >= 0.3 is 6.09 Å². The van der Waals surface area contributed by atoms with E-state index < -0.39 is 11.9 Å². The fraction of sp³-hybridized carbons (Fsp3) is 0.444. The third-order valence-electron chi connectivity index (χ3n) is 5.17. The SMILES string of the molecule is O=C(O)NC1CCCC(Nc2nc(C3=CNC4=NC=C(Cl)CC34)ncc2F)C1. The van der Waals surface area contributed by atoms with Crippen molar-refractivity contribution >= 4 is 34.9 Å². The highest BCUT2D eigenvalue weighted by Gasteiger charge is 2.32. The largest absolute Gasteiger partial charge is 0.465 e. The van der Waals surface area contributed by atoms with E-state index in [4.69, 9.17) is 16.7 Å². The molecular formula is C18H20ClFN6O2. The fourth-order valence-electron chi connectivity index (χ4n) is 3.87. The van der Waals surface area contributed by atoms with Crippen molar-refractivity contribution in [2.45, 2.75) is 44.2 Å². The summed E-state index contributed by atoms with van der Waals surface area (Å²) >= 11 is 6.11. The molecule has 3 unspecified atom stereocenters. The Bertz CT molecular complexity index is 887. The molecular weight excluding hydrogens is 387 g/mol. The number of hydrogen-bond donors (Lipinski definition) is 4. The van der Waals surface area contributed by atoms with Crippen LogP contribution in [0, 0.1) is 11.7 Å². The number of nitrogens with one attached hydrogen (secondary N) is 3. The Kier molecular flexibility index (Phi) is 5.17. The highest BCUT2D eigenvalue weighted by atomic mass is 35.5. The Labute approximate surface area is 166 Å². The first-order chi connectivity index (χ1) is 13.5. The molecule has 3 aliphatic rings. The number of fused-ring (bicyclic) bond motifs is 1.